The fraction of sp³-hybridized carbons (Fsp3) is 0.600. The van der Waals surface area contributed by atoms with Crippen LogP contribution in [-0.2, 0) is 21.2 Å². The number of hydrogen-bond donors (Lipinski definition) is 1. The molecule has 1 N–H and O–H groups in total. The zero-order chi connectivity index (χ0) is 23.1. The van der Waals surface area contributed by atoms with E-state index in [4.69, 9.17) is 21.1 Å². The lowest BCUT2D eigenvalue weighted by Gasteiger charge is -2.50. The van der Waals surface area contributed by atoms with Crippen molar-refractivity contribution in [1.29, 1.82) is 0 Å². The first-order valence-electron chi connectivity index (χ1n) is 9.28. The van der Waals surface area contributed by atoms with Gasteiger partial charge in [0.25, 0.3) is 0 Å². The molecule has 1 aliphatic rings. The van der Waals surface area contributed by atoms with Crippen LogP contribution in [0.4, 0.5) is 22.8 Å². The van der Waals surface area contributed by atoms with Crippen LogP contribution in [-0.4, -0.2) is 41.4 Å². The lowest BCUT2D eigenvalue weighted by molar-refractivity contribution is -0.139. The third kappa shape index (κ3) is 5.93. The molecule has 1 aliphatic heterocycles. The number of amides is 2. The van der Waals surface area contributed by atoms with Gasteiger partial charge in [-0.2, -0.15) is 13.2 Å². The predicted octanol–water partition coefficient (Wildman–Crippen LogP) is 5.33. The van der Waals surface area contributed by atoms with Crippen molar-refractivity contribution in [2.75, 3.05) is 13.1 Å². The van der Waals surface area contributed by atoms with E-state index in [0.29, 0.717) is 0 Å². The first kappa shape index (κ1) is 24.1. The van der Waals surface area contributed by atoms with Crippen molar-refractivity contribution in [3.05, 3.63) is 34.3 Å². The average Bonchev–Trinajstić information content (AvgIpc) is 2.46. The van der Waals surface area contributed by atoms with Crippen molar-refractivity contribution >= 4 is 23.8 Å². The number of halogens is 4. The highest BCUT2D eigenvalue weighted by molar-refractivity contribution is 6.30. The molecule has 0 radical (unpaired) electrons. The Kier molecular flexibility index (Phi) is 6.29. The van der Waals surface area contributed by atoms with Crippen LogP contribution in [0.1, 0.15) is 52.7 Å². The Morgan fingerprint density at radius 1 is 1.03 bits per heavy atom. The number of ether oxygens (including phenoxy) is 2. The SMILES string of the molecule is CC(C)(C)OC(=O)NC1(c2ccc(Cl)cc2C(F)(F)F)CN(C(=O)OC(C)(C)C)C1. The smallest absolute Gasteiger partial charge is 0.416 e. The van der Waals surface area contributed by atoms with Crippen LogP contribution in [0.25, 0.3) is 0 Å². The summed E-state index contributed by atoms with van der Waals surface area (Å²) in [5.41, 5.74) is -4.33. The molecule has 0 atom stereocenters. The Labute approximate surface area is 178 Å². The Bertz CT molecular complexity index is 823. The highest BCUT2D eigenvalue weighted by atomic mass is 35.5. The van der Waals surface area contributed by atoms with Gasteiger partial charge in [0, 0.05) is 5.02 Å². The van der Waals surface area contributed by atoms with E-state index in [-0.39, 0.29) is 23.7 Å². The summed E-state index contributed by atoms with van der Waals surface area (Å²) in [6.45, 7) is 9.51. The summed E-state index contributed by atoms with van der Waals surface area (Å²) >= 11 is 5.78. The van der Waals surface area contributed by atoms with E-state index in [1.807, 2.05) is 0 Å². The van der Waals surface area contributed by atoms with Crippen LogP contribution in [0.15, 0.2) is 18.2 Å². The van der Waals surface area contributed by atoms with E-state index < -0.39 is 40.7 Å². The number of nitrogens with one attached hydrogen (secondary N) is 1. The second-order valence-corrected chi connectivity index (χ2v) is 9.67. The summed E-state index contributed by atoms with van der Waals surface area (Å²) in [5.74, 6) is 0. The Hall–Kier alpha value is -2.16. The summed E-state index contributed by atoms with van der Waals surface area (Å²) < 4.78 is 51.6. The molecule has 2 rings (SSSR count). The van der Waals surface area contributed by atoms with Gasteiger partial charge in [0.05, 0.1) is 18.7 Å². The maximum Gasteiger partial charge on any atom is 0.416 e. The summed E-state index contributed by atoms with van der Waals surface area (Å²) in [4.78, 5) is 25.9. The van der Waals surface area contributed by atoms with Crippen molar-refractivity contribution in [2.24, 2.45) is 0 Å². The highest BCUT2D eigenvalue weighted by Crippen LogP contribution is 2.42. The number of carbonyl (C=O) groups is 2. The van der Waals surface area contributed by atoms with Crippen molar-refractivity contribution in [1.82, 2.24) is 10.2 Å². The van der Waals surface area contributed by atoms with Crippen molar-refractivity contribution in [3.8, 4) is 0 Å². The standard InChI is InChI=1S/C20H26ClF3N2O4/c1-17(2,3)29-15(27)25-19(10-26(11-19)16(28)30-18(4,5)6)13-8-7-12(21)9-14(13)20(22,23)24/h7-9H,10-11H2,1-6H3,(H,25,27). The van der Waals surface area contributed by atoms with E-state index in [9.17, 15) is 22.8 Å². The maximum absolute atomic E-state index is 13.7. The minimum absolute atomic E-state index is 0.0955. The molecule has 1 aromatic carbocycles. The highest BCUT2D eigenvalue weighted by Gasteiger charge is 2.53. The van der Waals surface area contributed by atoms with Crippen LogP contribution in [0.5, 0.6) is 0 Å². The molecule has 6 nitrogen and oxygen atoms in total. The van der Waals surface area contributed by atoms with E-state index in [2.05, 4.69) is 5.32 Å². The third-order valence-corrected chi connectivity index (χ3v) is 4.35. The van der Waals surface area contributed by atoms with Gasteiger partial charge in [0.15, 0.2) is 0 Å². The first-order chi connectivity index (χ1) is 13.4. The van der Waals surface area contributed by atoms with Crippen molar-refractivity contribution < 1.29 is 32.2 Å². The minimum atomic E-state index is -4.71. The van der Waals surface area contributed by atoms with Gasteiger partial charge in [-0.3, -0.25) is 0 Å². The maximum atomic E-state index is 13.7. The zero-order valence-corrected chi connectivity index (χ0v) is 18.5. The third-order valence-electron chi connectivity index (χ3n) is 4.12. The molecular weight excluding hydrogens is 425 g/mol. The number of hydrogen-bond acceptors (Lipinski definition) is 4. The monoisotopic (exact) mass is 450 g/mol. The number of carbonyl (C=O) groups excluding carboxylic acids is 2. The molecule has 1 aromatic rings. The molecule has 0 saturated carbocycles. The molecule has 168 valence electrons. The fourth-order valence-electron chi connectivity index (χ4n) is 3.04. The Balaban J connectivity index is 2.41. The van der Waals surface area contributed by atoms with Gasteiger partial charge in [-0.15, -0.1) is 0 Å². The van der Waals surface area contributed by atoms with Gasteiger partial charge in [0.1, 0.15) is 16.7 Å². The number of alkyl carbamates (subject to hydrolysis) is 1. The van der Waals surface area contributed by atoms with E-state index >= 15 is 0 Å². The summed E-state index contributed by atoms with van der Waals surface area (Å²) in [7, 11) is 0. The number of nitrogens with zero attached hydrogens (tertiary/aromatic N) is 1. The Morgan fingerprint density at radius 3 is 2.03 bits per heavy atom. The number of alkyl halides is 3. The van der Waals surface area contributed by atoms with Gasteiger partial charge >= 0.3 is 18.4 Å². The quantitative estimate of drug-likeness (QED) is 0.661. The summed E-state index contributed by atoms with van der Waals surface area (Å²) in [6, 6.07) is 3.31. The second kappa shape index (κ2) is 7.83. The lowest BCUT2D eigenvalue weighted by Crippen LogP contribution is -2.70. The molecule has 2 amide bonds. The predicted molar refractivity (Wildman–Crippen MR) is 105 cm³/mol. The molecule has 1 saturated heterocycles. The van der Waals surface area contributed by atoms with Crippen LogP contribution in [0.3, 0.4) is 0 Å². The molecule has 0 spiro atoms. The number of benzene rings is 1. The Morgan fingerprint density at radius 2 is 1.57 bits per heavy atom. The molecular formula is C20H26ClF3N2O4. The van der Waals surface area contributed by atoms with Crippen LogP contribution >= 0.6 is 11.6 Å². The van der Waals surface area contributed by atoms with Gasteiger partial charge in [0.2, 0.25) is 0 Å². The topological polar surface area (TPSA) is 67.9 Å². The van der Waals surface area contributed by atoms with Gasteiger partial charge in [-0.1, -0.05) is 17.7 Å². The summed E-state index contributed by atoms with van der Waals surface area (Å²) in [5, 5.41) is 2.43. The molecule has 30 heavy (non-hydrogen) atoms. The molecule has 1 fully saturated rings. The molecule has 1 heterocycles. The largest absolute Gasteiger partial charge is 0.444 e. The van der Waals surface area contributed by atoms with Crippen LogP contribution < -0.4 is 5.32 Å². The van der Waals surface area contributed by atoms with Crippen LogP contribution in [0.2, 0.25) is 5.02 Å². The van der Waals surface area contributed by atoms with Gasteiger partial charge in [-0.25, -0.2) is 9.59 Å². The van der Waals surface area contributed by atoms with E-state index in [0.717, 1.165) is 6.07 Å². The van der Waals surface area contributed by atoms with Crippen molar-refractivity contribution in [2.45, 2.75) is 64.5 Å². The minimum Gasteiger partial charge on any atom is -0.444 e. The zero-order valence-electron chi connectivity index (χ0n) is 17.7. The lowest BCUT2D eigenvalue weighted by atomic mass is 9.80. The second-order valence-electron chi connectivity index (χ2n) is 9.23. The van der Waals surface area contributed by atoms with E-state index in [1.54, 1.807) is 41.5 Å². The first-order valence-corrected chi connectivity index (χ1v) is 9.66. The normalized spacial score (nSPS) is 16.5. The molecule has 0 aromatic heterocycles. The molecule has 0 aliphatic carbocycles. The molecule has 0 unspecified atom stereocenters. The van der Waals surface area contributed by atoms with E-state index in [1.165, 1.54) is 17.0 Å². The summed E-state index contributed by atoms with van der Waals surface area (Å²) in [6.07, 6.45) is -6.30. The average molecular weight is 451 g/mol. The number of likely N-dealkylation sites (tertiary alicyclic amines) is 1. The van der Waals surface area contributed by atoms with Crippen LogP contribution in [0, 0.1) is 0 Å². The molecule has 0 bridgehead atoms. The van der Waals surface area contributed by atoms with Gasteiger partial charge in [-0.05, 0) is 59.2 Å². The van der Waals surface area contributed by atoms with Crippen molar-refractivity contribution in [3.63, 3.8) is 0 Å². The van der Waals surface area contributed by atoms with Gasteiger partial charge < -0.3 is 19.7 Å². The molecule has 10 heteroatoms. The fourth-order valence-corrected chi connectivity index (χ4v) is 3.22. The number of rotatable bonds is 2.